The van der Waals surface area contributed by atoms with Gasteiger partial charge < -0.3 is 0 Å². The predicted octanol–water partition coefficient (Wildman–Crippen LogP) is 13.9. The van der Waals surface area contributed by atoms with Gasteiger partial charge in [0.2, 0.25) is 0 Å². The van der Waals surface area contributed by atoms with Gasteiger partial charge in [0.1, 0.15) is 0 Å². The molecule has 0 nitrogen and oxygen atoms in total. The van der Waals surface area contributed by atoms with E-state index >= 15 is 0 Å². The van der Waals surface area contributed by atoms with Crippen molar-refractivity contribution in [3.63, 3.8) is 0 Å². The molecule has 0 atom stereocenters. The van der Waals surface area contributed by atoms with Crippen LogP contribution < -0.4 is 0 Å². The highest BCUT2D eigenvalue weighted by molar-refractivity contribution is 6.27. The molecule has 0 heterocycles. The van der Waals surface area contributed by atoms with Crippen molar-refractivity contribution in [2.45, 2.75) is 13.8 Å². The molecule has 0 radical (unpaired) electrons. The summed E-state index contributed by atoms with van der Waals surface area (Å²) in [6.07, 6.45) is 6.47. The van der Waals surface area contributed by atoms with E-state index in [0.717, 1.165) is 0 Å². The second kappa shape index (κ2) is 11.4. The van der Waals surface area contributed by atoms with Crippen LogP contribution in [0.2, 0.25) is 0 Å². The summed E-state index contributed by atoms with van der Waals surface area (Å²) in [5.74, 6) is 0. The van der Waals surface area contributed by atoms with Gasteiger partial charge in [-0.15, -0.1) is 0 Å². The number of hydrogen-bond acceptors (Lipinski definition) is 0. The fourth-order valence-corrected chi connectivity index (χ4v) is 7.93. The molecule has 0 unspecified atom stereocenters. The number of rotatable bonds is 4. The van der Waals surface area contributed by atoms with Crippen LogP contribution in [0.3, 0.4) is 0 Å². The molecule has 0 saturated carbocycles. The summed E-state index contributed by atoms with van der Waals surface area (Å²) in [5.41, 5.74) is 7.53. The Morgan fingerprint density at radius 1 is 0.375 bits per heavy atom. The van der Waals surface area contributed by atoms with Gasteiger partial charge >= 0.3 is 0 Å². The number of fused-ring (bicyclic) bond motifs is 9. The molecule has 0 saturated heterocycles. The van der Waals surface area contributed by atoms with Crippen molar-refractivity contribution >= 4 is 70.2 Å². The lowest BCUT2D eigenvalue weighted by molar-refractivity contribution is 1.61. The molecule has 0 heteroatoms. The highest BCUT2D eigenvalue weighted by Crippen LogP contribution is 2.45. The Hall–Kier alpha value is -5.98. The first-order valence-electron chi connectivity index (χ1n) is 16.8. The highest BCUT2D eigenvalue weighted by atomic mass is 14.2. The van der Waals surface area contributed by atoms with Gasteiger partial charge in [0, 0.05) is 0 Å². The SMILES string of the molecule is C/C=C\C(=C/C)c1ccc2ccc(-c3c4ccccc4c(-c4ccc5c6ccccc6c6ccccc6c5c4)c4ccccc34)cc2c1. The van der Waals surface area contributed by atoms with E-state index < -0.39 is 0 Å². The van der Waals surface area contributed by atoms with Crippen LogP contribution in [0.1, 0.15) is 19.4 Å². The standard InChI is InChI=1S/C48H34/c1-3-13-31(4-2)33-24-22-32-23-25-34(29-36(32)28-33)47-42-18-9-11-20-44(42)48(45-21-12-10-19-43(45)47)35-26-27-41-39-16-6-5-14-37(39)38-15-7-8-17-40(38)46(41)30-35/h3-30H,1-2H3/b13-3-,31-4+. The molecular formula is C48H34. The zero-order valence-corrected chi connectivity index (χ0v) is 27.2. The van der Waals surface area contributed by atoms with E-state index in [2.05, 4.69) is 184 Å². The zero-order valence-electron chi connectivity index (χ0n) is 27.2. The van der Waals surface area contributed by atoms with E-state index in [1.165, 1.54) is 98.0 Å². The van der Waals surface area contributed by atoms with E-state index in [9.17, 15) is 0 Å². The second-order valence-corrected chi connectivity index (χ2v) is 12.7. The minimum Gasteiger partial charge on any atom is -0.0871 e. The van der Waals surface area contributed by atoms with Gasteiger partial charge in [0.15, 0.2) is 0 Å². The van der Waals surface area contributed by atoms with Crippen LogP contribution in [0.4, 0.5) is 0 Å². The zero-order chi connectivity index (χ0) is 32.2. The van der Waals surface area contributed by atoms with Gasteiger partial charge in [-0.3, -0.25) is 0 Å². The molecule has 9 rings (SSSR count). The molecule has 0 spiro atoms. The first kappa shape index (κ1) is 28.3. The van der Waals surface area contributed by atoms with Crippen molar-refractivity contribution in [2.75, 3.05) is 0 Å². The number of benzene rings is 9. The molecule has 0 N–H and O–H groups in total. The summed E-state index contributed by atoms with van der Waals surface area (Å²) >= 11 is 0. The number of allylic oxidation sites excluding steroid dienone is 4. The van der Waals surface area contributed by atoms with Crippen LogP contribution in [0.25, 0.3) is 92.5 Å². The van der Waals surface area contributed by atoms with Crippen molar-refractivity contribution in [1.82, 2.24) is 0 Å². The van der Waals surface area contributed by atoms with Crippen LogP contribution in [0.5, 0.6) is 0 Å². The normalized spacial score (nSPS) is 12.4. The first-order chi connectivity index (χ1) is 23.7. The Balaban J connectivity index is 1.33. The first-order valence-corrected chi connectivity index (χ1v) is 16.8. The van der Waals surface area contributed by atoms with Gasteiger partial charge in [-0.05, 0) is 130 Å². The fraction of sp³-hybridized carbons (Fsp3) is 0.0417. The van der Waals surface area contributed by atoms with Crippen molar-refractivity contribution in [2.24, 2.45) is 0 Å². The molecule has 0 amide bonds. The maximum atomic E-state index is 2.43. The average molecular weight is 611 g/mol. The Morgan fingerprint density at radius 2 is 0.812 bits per heavy atom. The van der Waals surface area contributed by atoms with Gasteiger partial charge in [0.25, 0.3) is 0 Å². The lowest BCUT2D eigenvalue weighted by atomic mass is 9.84. The molecule has 0 aliphatic carbocycles. The largest absolute Gasteiger partial charge is 0.0871 e. The third-order valence-corrected chi connectivity index (χ3v) is 10.1. The lowest BCUT2D eigenvalue weighted by Gasteiger charge is -2.19. The average Bonchev–Trinajstić information content (AvgIpc) is 3.15. The van der Waals surface area contributed by atoms with E-state index in [0.29, 0.717) is 0 Å². The van der Waals surface area contributed by atoms with Crippen LogP contribution in [-0.2, 0) is 0 Å². The molecule has 0 aliphatic rings. The topological polar surface area (TPSA) is 0 Å². The van der Waals surface area contributed by atoms with Crippen LogP contribution >= 0.6 is 0 Å². The van der Waals surface area contributed by atoms with Gasteiger partial charge in [-0.25, -0.2) is 0 Å². The summed E-state index contributed by atoms with van der Waals surface area (Å²) in [7, 11) is 0. The molecular weight excluding hydrogens is 577 g/mol. The highest BCUT2D eigenvalue weighted by Gasteiger charge is 2.18. The van der Waals surface area contributed by atoms with Gasteiger partial charge in [-0.2, -0.15) is 0 Å². The maximum Gasteiger partial charge on any atom is -0.00261 e. The lowest BCUT2D eigenvalue weighted by Crippen LogP contribution is -1.92. The Morgan fingerprint density at radius 3 is 1.33 bits per heavy atom. The van der Waals surface area contributed by atoms with Crippen molar-refractivity contribution in [3.8, 4) is 22.3 Å². The van der Waals surface area contributed by atoms with E-state index in [-0.39, 0.29) is 0 Å². The Labute approximate surface area is 280 Å². The van der Waals surface area contributed by atoms with Crippen LogP contribution in [0, 0.1) is 0 Å². The molecule has 0 fully saturated rings. The molecule has 9 aromatic rings. The van der Waals surface area contributed by atoms with Gasteiger partial charge in [0.05, 0.1) is 0 Å². The monoisotopic (exact) mass is 610 g/mol. The Kier molecular flexibility index (Phi) is 6.69. The third kappa shape index (κ3) is 4.37. The molecule has 226 valence electrons. The minimum absolute atomic E-state index is 1.24. The van der Waals surface area contributed by atoms with Crippen LogP contribution in [0.15, 0.2) is 170 Å². The maximum absolute atomic E-state index is 2.43. The van der Waals surface area contributed by atoms with E-state index in [1.807, 2.05) is 0 Å². The smallest absolute Gasteiger partial charge is 0.00261 e. The quantitative estimate of drug-likeness (QED) is 0.106. The van der Waals surface area contributed by atoms with Crippen molar-refractivity contribution < 1.29 is 0 Å². The van der Waals surface area contributed by atoms with E-state index in [4.69, 9.17) is 0 Å². The summed E-state index contributed by atoms with van der Waals surface area (Å²) in [5, 5.41) is 15.4. The third-order valence-electron chi connectivity index (χ3n) is 10.1. The Bertz CT molecular complexity index is 2700. The molecule has 9 aromatic carbocycles. The summed E-state index contributed by atoms with van der Waals surface area (Å²) in [6.45, 7) is 4.18. The molecule has 0 bridgehead atoms. The summed E-state index contributed by atoms with van der Waals surface area (Å²) in [4.78, 5) is 0. The fourth-order valence-electron chi connectivity index (χ4n) is 7.93. The minimum atomic E-state index is 1.24. The van der Waals surface area contributed by atoms with Gasteiger partial charge in [-0.1, -0.05) is 152 Å². The second-order valence-electron chi connectivity index (χ2n) is 12.7. The summed E-state index contributed by atoms with van der Waals surface area (Å²) < 4.78 is 0. The number of hydrogen-bond donors (Lipinski definition) is 0. The summed E-state index contributed by atoms with van der Waals surface area (Å²) in [6, 6.07) is 56.4. The van der Waals surface area contributed by atoms with Crippen LogP contribution in [-0.4, -0.2) is 0 Å². The molecule has 0 aromatic heterocycles. The predicted molar refractivity (Wildman–Crippen MR) is 211 cm³/mol. The van der Waals surface area contributed by atoms with Crippen molar-refractivity contribution in [1.29, 1.82) is 0 Å². The molecule has 48 heavy (non-hydrogen) atoms. The van der Waals surface area contributed by atoms with Crippen molar-refractivity contribution in [3.05, 3.63) is 175 Å². The van der Waals surface area contributed by atoms with E-state index in [1.54, 1.807) is 0 Å². The molecule has 0 aliphatic heterocycles.